The number of hydrogen-bond donors (Lipinski definition) is 3. The first-order chi connectivity index (χ1) is 10.0. The third kappa shape index (κ3) is 3.63. The Hall–Kier alpha value is -1.38. The fraction of sp³-hybridized carbons (Fsp3) is 0.308. The van der Waals surface area contributed by atoms with E-state index in [1.165, 1.54) is 0 Å². The average molecular weight is 371 g/mol. The van der Waals surface area contributed by atoms with E-state index >= 15 is 0 Å². The summed E-state index contributed by atoms with van der Waals surface area (Å²) in [7, 11) is -3.66. The fourth-order valence-corrected chi connectivity index (χ4v) is 3.38. The lowest BCUT2D eigenvalue weighted by Crippen LogP contribution is -2.19. The Morgan fingerprint density at radius 1 is 1.29 bits per heavy atom. The molecule has 0 spiro atoms. The predicted molar refractivity (Wildman–Crippen MR) is 83.4 cm³/mol. The number of nitrogens with one attached hydrogen (secondary N) is 3. The molecule has 1 fully saturated rings. The normalized spacial score (nSPS) is 15.1. The first-order valence-electron chi connectivity index (χ1n) is 6.58. The summed E-state index contributed by atoms with van der Waals surface area (Å²) in [6.07, 6.45) is 3.85. The number of aromatic nitrogens is 2. The number of hydrogen-bond acceptors (Lipinski definition) is 4. The second-order valence-corrected chi connectivity index (χ2v) is 7.53. The van der Waals surface area contributed by atoms with Crippen LogP contribution in [0.3, 0.4) is 0 Å². The Labute approximate surface area is 131 Å². The zero-order chi connectivity index (χ0) is 14.9. The zero-order valence-corrected chi connectivity index (χ0v) is 13.5. The predicted octanol–water partition coefficient (Wildman–Crippen LogP) is 2.22. The molecule has 2 aromatic rings. The molecule has 3 rings (SSSR count). The van der Waals surface area contributed by atoms with Gasteiger partial charge in [0, 0.05) is 28.3 Å². The van der Waals surface area contributed by atoms with Crippen molar-refractivity contribution in [3.05, 3.63) is 40.5 Å². The van der Waals surface area contributed by atoms with Crippen molar-refractivity contribution in [3.8, 4) is 0 Å². The lowest BCUT2D eigenvalue weighted by molar-refractivity contribution is 0.593. The van der Waals surface area contributed by atoms with Gasteiger partial charge in [0.25, 0.3) is 10.0 Å². The molecule has 1 heterocycles. The largest absolute Gasteiger partial charge is 0.310 e. The van der Waals surface area contributed by atoms with Crippen LogP contribution in [-0.4, -0.2) is 24.7 Å². The van der Waals surface area contributed by atoms with Crippen LogP contribution in [0.2, 0.25) is 0 Å². The molecule has 1 aromatic heterocycles. The third-order valence-electron chi connectivity index (χ3n) is 3.20. The second kappa shape index (κ2) is 5.78. The zero-order valence-electron chi connectivity index (χ0n) is 11.1. The first kappa shape index (κ1) is 14.6. The maximum atomic E-state index is 12.4. The lowest BCUT2D eigenvalue weighted by Gasteiger charge is -2.08. The number of sulfonamides is 1. The third-order valence-corrected chi connectivity index (χ3v) is 5.13. The van der Waals surface area contributed by atoms with E-state index in [9.17, 15) is 8.42 Å². The Morgan fingerprint density at radius 2 is 2.00 bits per heavy atom. The van der Waals surface area contributed by atoms with Crippen molar-refractivity contribution < 1.29 is 8.42 Å². The van der Waals surface area contributed by atoms with Crippen molar-refractivity contribution in [1.29, 1.82) is 0 Å². The number of anilines is 1. The molecule has 1 saturated carbocycles. The van der Waals surface area contributed by atoms with E-state index in [4.69, 9.17) is 0 Å². The minimum absolute atomic E-state index is 0.110. The molecule has 1 aliphatic carbocycles. The summed E-state index contributed by atoms with van der Waals surface area (Å²) in [6, 6.07) is 7.45. The molecule has 112 valence electrons. The molecular weight excluding hydrogens is 356 g/mol. The number of halogens is 1. The van der Waals surface area contributed by atoms with Crippen LogP contribution in [0.5, 0.6) is 0 Å². The van der Waals surface area contributed by atoms with Gasteiger partial charge in [-0.2, -0.15) is 13.5 Å². The van der Waals surface area contributed by atoms with Crippen molar-refractivity contribution in [2.75, 3.05) is 4.72 Å². The standard InChI is InChI=1S/C13H15BrN4O2S/c14-10-1-3-12(4-2-10)18-21(19,20)13-9(8-16-17-13)7-15-11-5-6-11/h1-4,8,11,15,18H,5-7H2,(H,16,17). The van der Waals surface area contributed by atoms with E-state index in [2.05, 4.69) is 36.2 Å². The molecule has 0 atom stereocenters. The molecule has 0 amide bonds. The number of benzene rings is 1. The summed E-state index contributed by atoms with van der Waals surface area (Å²) >= 11 is 3.31. The van der Waals surface area contributed by atoms with Crippen LogP contribution >= 0.6 is 15.9 Å². The van der Waals surface area contributed by atoms with Gasteiger partial charge in [0.05, 0.1) is 6.20 Å². The van der Waals surface area contributed by atoms with Crippen molar-refractivity contribution in [2.24, 2.45) is 0 Å². The Bertz CT molecular complexity index is 723. The van der Waals surface area contributed by atoms with E-state index in [0.717, 1.165) is 17.3 Å². The highest BCUT2D eigenvalue weighted by molar-refractivity contribution is 9.10. The lowest BCUT2D eigenvalue weighted by atomic mass is 10.3. The fourth-order valence-electron chi connectivity index (χ4n) is 1.92. The number of nitrogens with zero attached hydrogens (tertiary/aromatic N) is 1. The molecule has 0 radical (unpaired) electrons. The van der Waals surface area contributed by atoms with Crippen LogP contribution in [0.25, 0.3) is 0 Å². The second-order valence-electron chi connectivity index (χ2n) is 4.99. The molecule has 0 saturated heterocycles. The van der Waals surface area contributed by atoms with Crippen LogP contribution in [0.1, 0.15) is 18.4 Å². The smallest absolute Gasteiger partial charge is 0.279 e. The number of rotatable bonds is 6. The van der Waals surface area contributed by atoms with Crippen LogP contribution in [0.15, 0.2) is 40.0 Å². The van der Waals surface area contributed by atoms with Gasteiger partial charge in [-0.3, -0.25) is 9.82 Å². The summed E-state index contributed by atoms with van der Waals surface area (Å²) in [5.74, 6) is 0. The minimum Gasteiger partial charge on any atom is -0.310 e. The van der Waals surface area contributed by atoms with Crippen molar-refractivity contribution >= 4 is 31.6 Å². The van der Waals surface area contributed by atoms with E-state index in [-0.39, 0.29) is 5.03 Å². The van der Waals surface area contributed by atoms with Crippen molar-refractivity contribution in [2.45, 2.75) is 30.5 Å². The summed E-state index contributed by atoms with van der Waals surface area (Å²) < 4.78 is 28.2. The molecule has 6 nitrogen and oxygen atoms in total. The van der Waals surface area contributed by atoms with E-state index < -0.39 is 10.0 Å². The quantitative estimate of drug-likeness (QED) is 0.727. The SMILES string of the molecule is O=S(=O)(Nc1ccc(Br)cc1)c1[nH]ncc1CNC1CC1. The van der Waals surface area contributed by atoms with E-state index in [1.54, 1.807) is 30.5 Å². The Morgan fingerprint density at radius 3 is 2.67 bits per heavy atom. The molecule has 1 aliphatic rings. The molecule has 3 N–H and O–H groups in total. The van der Waals surface area contributed by atoms with Gasteiger partial charge in [-0.1, -0.05) is 15.9 Å². The van der Waals surface area contributed by atoms with Crippen LogP contribution in [0.4, 0.5) is 5.69 Å². The van der Waals surface area contributed by atoms with Crippen LogP contribution < -0.4 is 10.0 Å². The van der Waals surface area contributed by atoms with Gasteiger partial charge in [-0.25, -0.2) is 0 Å². The monoisotopic (exact) mass is 370 g/mol. The highest BCUT2D eigenvalue weighted by Crippen LogP contribution is 2.22. The summed E-state index contributed by atoms with van der Waals surface area (Å²) in [6.45, 7) is 0.498. The number of aromatic amines is 1. The van der Waals surface area contributed by atoms with Gasteiger partial charge in [0.1, 0.15) is 0 Å². The molecule has 1 aromatic carbocycles. The highest BCUT2D eigenvalue weighted by Gasteiger charge is 2.24. The molecule has 8 heteroatoms. The highest BCUT2D eigenvalue weighted by atomic mass is 79.9. The summed E-state index contributed by atoms with van der Waals surface area (Å²) in [5.41, 5.74) is 1.15. The maximum absolute atomic E-state index is 12.4. The molecule has 21 heavy (non-hydrogen) atoms. The Kier molecular flexibility index (Phi) is 4.01. The van der Waals surface area contributed by atoms with Gasteiger partial charge >= 0.3 is 0 Å². The molecular formula is C13H15BrN4O2S. The molecule has 0 unspecified atom stereocenters. The van der Waals surface area contributed by atoms with Crippen molar-refractivity contribution in [1.82, 2.24) is 15.5 Å². The number of H-pyrrole nitrogens is 1. The van der Waals surface area contributed by atoms with Crippen LogP contribution in [-0.2, 0) is 16.6 Å². The van der Waals surface area contributed by atoms with Gasteiger partial charge in [0.15, 0.2) is 5.03 Å². The van der Waals surface area contributed by atoms with Crippen molar-refractivity contribution in [3.63, 3.8) is 0 Å². The topological polar surface area (TPSA) is 86.9 Å². The Balaban J connectivity index is 1.77. The summed E-state index contributed by atoms with van der Waals surface area (Å²) in [4.78, 5) is 0. The summed E-state index contributed by atoms with van der Waals surface area (Å²) in [5, 5.41) is 9.82. The molecule has 0 bridgehead atoms. The van der Waals surface area contributed by atoms with E-state index in [0.29, 0.717) is 23.8 Å². The van der Waals surface area contributed by atoms with Crippen LogP contribution in [0, 0.1) is 0 Å². The van der Waals surface area contributed by atoms with Gasteiger partial charge < -0.3 is 5.32 Å². The van der Waals surface area contributed by atoms with Gasteiger partial charge in [0.2, 0.25) is 0 Å². The maximum Gasteiger partial charge on any atom is 0.279 e. The molecule has 0 aliphatic heterocycles. The first-order valence-corrected chi connectivity index (χ1v) is 8.86. The van der Waals surface area contributed by atoms with Gasteiger partial charge in [-0.15, -0.1) is 0 Å². The van der Waals surface area contributed by atoms with E-state index in [1.807, 2.05) is 0 Å². The van der Waals surface area contributed by atoms with Gasteiger partial charge in [-0.05, 0) is 37.1 Å². The average Bonchev–Trinajstić information content (AvgIpc) is 3.14. The minimum atomic E-state index is -3.66.